The smallest absolute Gasteiger partial charge is 0.227 e. The second-order valence-electron chi connectivity index (χ2n) is 1.79. The number of hydrogen-bond acceptors (Lipinski definition) is 3. The van der Waals surface area contributed by atoms with E-state index in [9.17, 15) is 0 Å². The zero-order valence-electron chi connectivity index (χ0n) is 6.37. The monoisotopic (exact) mass is 168 g/mol. The molecule has 0 amide bonds. The first-order valence-electron chi connectivity index (χ1n) is 2.90. The first-order chi connectivity index (χ1) is 5.22. The average Bonchev–Trinajstić information content (AvgIpc) is 1.97. The highest BCUT2D eigenvalue weighted by molar-refractivity contribution is 7.36. The minimum Gasteiger partial charge on any atom is -0.468 e. The molecule has 0 aromatic heterocycles. The number of ether oxygens (including phenoxy) is 1. The molecule has 0 heterocycles. The first kappa shape index (κ1) is 9.87. The molecular formula is C7H9N2OP. The topological polar surface area (TPSA) is 45.4 Å². The molecule has 0 fully saturated rings. The minimum absolute atomic E-state index is 0.295. The van der Waals surface area contributed by atoms with Gasteiger partial charge < -0.3 is 4.74 Å². The van der Waals surface area contributed by atoms with Crippen LogP contribution in [0.5, 0.6) is 0 Å². The standard InChI is InChI=1S/C7H9N2OP/c1-6(2)7(9-4-8)10-5-11-3/h1,3,5H2,2H3. The Morgan fingerprint density at radius 2 is 2.45 bits per heavy atom. The van der Waals surface area contributed by atoms with Crippen LogP contribution in [0.25, 0.3) is 0 Å². The summed E-state index contributed by atoms with van der Waals surface area (Å²) in [5, 5.41) is 8.21. The molecule has 0 aliphatic carbocycles. The zero-order chi connectivity index (χ0) is 8.69. The highest BCUT2D eigenvalue weighted by Gasteiger charge is 1.98. The number of aliphatic imine (C=N–C) groups is 1. The Morgan fingerprint density at radius 1 is 1.82 bits per heavy atom. The Hall–Kier alpha value is -1.13. The van der Waals surface area contributed by atoms with Crippen molar-refractivity contribution in [3.8, 4) is 6.19 Å². The zero-order valence-corrected chi connectivity index (χ0v) is 7.27. The molecule has 3 nitrogen and oxygen atoms in total. The summed E-state index contributed by atoms with van der Waals surface area (Å²) >= 11 is 0. The summed E-state index contributed by atoms with van der Waals surface area (Å²) in [4.78, 5) is 3.43. The number of hydrogen-bond donors (Lipinski definition) is 0. The molecule has 0 rings (SSSR count). The van der Waals surface area contributed by atoms with Gasteiger partial charge in [-0.3, -0.25) is 0 Å². The predicted molar refractivity (Wildman–Crippen MR) is 47.9 cm³/mol. The molecule has 0 spiro atoms. The van der Waals surface area contributed by atoms with Gasteiger partial charge >= 0.3 is 0 Å². The highest BCUT2D eigenvalue weighted by atomic mass is 31.1. The van der Waals surface area contributed by atoms with E-state index in [-0.39, 0.29) is 0 Å². The third kappa shape index (κ3) is 4.30. The summed E-state index contributed by atoms with van der Waals surface area (Å²) in [5.74, 6) is 0.295. The molecule has 58 valence electrons. The molecule has 0 saturated carbocycles. The molecule has 0 aliphatic rings. The van der Waals surface area contributed by atoms with Crippen LogP contribution in [0.1, 0.15) is 6.92 Å². The second kappa shape index (κ2) is 5.64. The normalized spacial score (nSPS) is 10.7. The van der Waals surface area contributed by atoms with Gasteiger partial charge in [0.1, 0.15) is 6.35 Å². The van der Waals surface area contributed by atoms with Gasteiger partial charge in [0.15, 0.2) is 0 Å². The molecule has 0 aromatic carbocycles. The van der Waals surface area contributed by atoms with Crippen LogP contribution >= 0.6 is 8.20 Å². The van der Waals surface area contributed by atoms with E-state index in [0.29, 0.717) is 17.8 Å². The van der Waals surface area contributed by atoms with Crippen LogP contribution in [0.4, 0.5) is 0 Å². The van der Waals surface area contributed by atoms with Gasteiger partial charge in [-0.1, -0.05) is 21.1 Å². The van der Waals surface area contributed by atoms with E-state index in [1.165, 1.54) is 0 Å². The summed E-state index contributed by atoms with van der Waals surface area (Å²) in [5.41, 5.74) is 0.648. The van der Waals surface area contributed by atoms with Crippen molar-refractivity contribution in [2.45, 2.75) is 6.92 Å². The Bertz CT molecular complexity index is 227. The summed E-state index contributed by atoms with van der Waals surface area (Å²) in [7, 11) is 0.857. The Kier molecular flexibility index (Phi) is 5.06. The molecule has 11 heavy (non-hydrogen) atoms. The average molecular weight is 168 g/mol. The van der Waals surface area contributed by atoms with Gasteiger partial charge in [-0.25, -0.2) is 0 Å². The van der Waals surface area contributed by atoms with E-state index >= 15 is 0 Å². The van der Waals surface area contributed by atoms with Crippen molar-refractivity contribution in [1.82, 2.24) is 0 Å². The Balaban J connectivity index is 4.14. The van der Waals surface area contributed by atoms with Crippen LogP contribution in [0.15, 0.2) is 17.1 Å². The predicted octanol–water partition coefficient (Wildman–Crippen LogP) is 1.79. The molecule has 0 bridgehead atoms. The van der Waals surface area contributed by atoms with Crippen molar-refractivity contribution < 1.29 is 4.74 Å². The van der Waals surface area contributed by atoms with Gasteiger partial charge in [0, 0.05) is 5.57 Å². The minimum atomic E-state index is 0.295. The fraction of sp³-hybridized carbons (Fsp3) is 0.286. The van der Waals surface area contributed by atoms with E-state index in [1.807, 2.05) is 0 Å². The maximum absolute atomic E-state index is 8.21. The van der Waals surface area contributed by atoms with Gasteiger partial charge in [0.2, 0.25) is 12.1 Å². The fourth-order valence-electron chi connectivity index (χ4n) is 0.403. The molecule has 0 radical (unpaired) electrons. The SMILES string of the molecule is C=PCOC(=NC#N)C(=C)C. The lowest BCUT2D eigenvalue weighted by atomic mass is 10.3. The van der Waals surface area contributed by atoms with Crippen molar-refractivity contribution >= 4 is 20.4 Å². The second-order valence-corrected chi connectivity index (χ2v) is 2.50. The van der Waals surface area contributed by atoms with Crippen molar-refractivity contribution in [3.05, 3.63) is 12.2 Å². The number of rotatable bonds is 3. The molecule has 0 saturated heterocycles. The Labute approximate surface area is 67.8 Å². The van der Waals surface area contributed by atoms with Crippen LogP contribution in [0, 0.1) is 11.5 Å². The number of nitriles is 1. The lowest BCUT2D eigenvalue weighted by molar-refractivity contribution is 0.381. The first-order valence-corrected chi connectivity index (χ1v) is 4.16. The van der Waals surface area contributed by atoms with Gasteiger partial charge in [-0.15, -0.1) is 4.99 Å². The fourth-order valence-corrected chi connectivity index (χ4v) is 0.617. The van der Waals surface area contributed by atoms with E-state index in [4.69, 9.17) is 10.00 Å². The van der Waals surface area contributed by atoms with Gasteiger partial charge in [0.25, 0.3) is 0 Å². The number of nitrogens with zero attached hydrogens (tertiary/aromatic N) is 2. The van der Waals surface area contributed by atoms with Crippen molar-refractivity contribution in [3.63, 3.8) is 0 Å². The lowest BCUT2D eigenvalue weighted by Gasteiger charge is -2.02. The third-order valence-corrected chi connectivity index (χ3v) is 1.12. The van der Waals surface area contributed by atoms with Crippen LogP contribution in [-0.2, 0) is 4.74 Å². The maximum Gasteiger partial charge on any atom is 0.227 e. The van der Waals surface area contributed by atoms with Crippen molar-refractivity contribution in [2.75, 3.05) is 6.35 Å². The van der Waals surface area contributed by atoms with Gasteiger partial charge in [-0.2, -0.15) is 5.26 Å². The molecule has 0 aromatic rings. The van der Waals surface area contributed by atoms with E-state index in [1.54, 1.807) is 13.1 Å². The van der Waals surface area contributed by atoms with Crippen LogP contribution in [0.2, 0.25) is 0 Å². The largest absolute Gasteiger partial charge is 0.468 e. The third-order valence-electron chi connectivity index (χ3n) is 0.809. The molecule has 0 atom stereocenters. The molecular weight excluding hydrogens is 159 g/mol. The van der Waals surface area contributed by atoms with Crippen molar-refractivity contribution in [2.24, 2.45) is 4.99 Å². The van der Waals surface area contributed by atoms with E-state index in [2.05, 4.69) is 17.9 Å². The van der Waals surface area contributed by atoms with Gasteiger partial charge in [-0.05, 0) is 6.92 Å². The maximum atomic E-state index is 8.21. The highest BCUT2D eigenvalue weighted by Crippen LogP contribution is 1.99. The van der Waals surface area contributed by atoms with Crippen molar-refractivity contribution in [1.29, 1.82) is 5.26 Å². The van der Waals surface area contributed by atoms with Crippen LogP contribution < -0.4 is 0 Å². The van der Waals surface area contributed by atoms with E-state index in [0.717, 1.165) is 8.20 Å². The molecule has 0 aliphatic heterocycles. The summed E-state index contributed by atoms with van der Waals surface area (Å²) < 4.78 is 5.05. The molecule has 0 N–H and O–H groups in total. The van der Waals surface area contributed by atoms with Crippen LogP contribution in [-0.4, -0.2) is 18.5 Å². The van der Waals surface area contributed by atoms with E-state index < -0.39 is 0 Å². The molecule has 0 unspecified atom stereocenters. The van der Waals surface area contributed by atoms with Crippen LogP contribution in [0.3, 0.4) is 0 Å². The summed E-state index contributed by atoms with van der Waals surface area (Å²) in [6.07, 6.45) is 5.63. The summed E-state index contributed by atoms with van der Waals surface area (Å²) in [6.45, 7) is 5.33. The van der Waals surface area contributed by atoms with Gasteiger partial charge in [0.05, 0.1) is 0 Å². The summed E-state index contributed by atoms with van der Waals surface area (Å²) in [6, 6.07) is 0. The molecule has 4 heteroatoms. The lowest BCUT2D eigenvalue weighted by Crippen LogP contribution is -2.03. The Morgan fingerprint density at radius 3 is 2.82 bits per heavy atom. The quantitative estimate of drug-likeness (QED) is 0.279.